The predicted molar refractivity (Wildman–Crippen MR) is 119 cm³/mol. The molecule has 2 atom stereocenters. The number of methoxy groups -OCH3 is 2. The predicted octanol–water partition coefficient (Wildman–Crippen LogP) is 3.25. The van der Waals surface area contributed by atoms with Crippen molar-refractivity contribution in [1.82, 2.24) is 10.6 Å². The van der Waals surface area contributed by atoms with Crippen LogP contribution in [0.25, 0.3) is 0 Å². The van der Waals surface area contributed by atoms with Crippen LogP contribution in [0.2, 0.25) is 0 Å². The highest BCUT2D eigenvalue weighted by atomic mass is 35.5. The molecule has 1 heterocycles. The summed E-state index contributed by atoms with van der Waals surface area (Å²) in [4.78, 5) is 25.7. The Morgan fingerprint density at radius 2 is 1.70 bits per heavy atom. The fraction of sp³-hybridized carbons (Fsp3) is 0.364. The third kappa shape index (κ3) is 5.64. The molecular formula is C22H28ClN3O4. The molecule has 162 valence electrons. The number of nitrogens with one attached hydrogen (secondary N) is 3. The lowest BCUT2D eigenvalue weighted by molar-refractivity contribution is 0.0926. The number of hydrogen-bond donors (Lipinski definition) is 3. The molecule has 0 bridgehead atoms. The van der Waals surface area contributed by atoms with Crippen LogP contribution in [0.3, 0.4) is 0 Å². The van der Waals surface area contributed by atoms with E-state index < -0.39 is 0 Å². The van der Waals surface area contributed by atoms with E-state index in [2.05, 4.69) is 22.9 Å². The Labute approximate surface area is 182 Å². The maximum atomic E-state index is 13.0. The first-order valence-corrected chi connectivity index (χ1v) is 9.68. The summed E-state index contributed by atoms with van der Waals surface area (Å²) < 4.78 is 10.7. The summed E-state index contributed by atoms with van der Waals surface area (Å²) >= 11 is 0. The minimum atomic E-state index is -0.303. The van der Waals surface area contributed by atoms with Crippen LogP contribution in [0.1, 0.15) is 40.5 Å². The minimum absolute atomic E-state index is 0. The van der Waals surface area contributed by atoms with E-state index in [0.717, 1.165) is 19.4 Å². The molecule has 3 N–H and O–H groups in total. The van der Waals surface area contributed by atoms with Gasteiger partial charge in [-0.1, -0.05) is 18.2 Å². The van der Waals surface area contributed by atoms with Crippen molar-refractivity contribution in [2.45, 2.75) is 31.8 Å². The normalized spacial score (nSPS) is 18.0. The van der Waals surface area contributed by atoms with Crippen LogP contribution in [-0.4, -0.2) is 44.7 Å². The number of anilines is 1. The Hall–Kier alpha value is -2.77. The second-order valence-corrected chi connectivity index (χ2v) is 7.12. The number of carbonyl (C=O) groups excluding carboxylic acids is 2. The molecule has 0 aromatic heterocycles. The summed E-state index contributed by atoms with van der Waals surface area (Å²) in [5.41, 5.74) is 1.20. The van der Waals surface area contributed by atoms with Gasteiger partial charge in [0.05, 0.1) is 25.5 Å². The van der Waals surface area contributed by atoms with Crippen molar-refractivity contribution in [3.05, 3.63) is 53.6 Å². The molecule has 2 unspecified atom stereocenters. The average molecular weight is 434 g/mol. The fourth-order valence-corrected chi connectivity index (χ4v) is 3.48. The SMILES string of the molecule is COc1cc(NC(=O)c2ccccc2)c(C(=O)NC2CCNC(C)C2)cc1OC.Cl. The maximum absolute atomic E-state index is 13.0. The van der Waals surface area contributed by atoms with Crippen LogP contribution in [0.5, 0.6) is 11.5 Å². The molecule has 1 aliphatic rings. The first kappa shape index (κ1) is 23.5. The third-order valence-electron chi connectivity index (χ3n) is 5.01. The number of amides is 2. The Kier molecular flexibility index (Phi) is 8.50. The van der Waals surface area contributed by atoms with Gasteiger partial charge >= 0.3 is 0 Å². The molecular weight excluding hydrogens is 406 g/mol. The van der Waals surface area contributed by atoms with Crippen molar-refractivity contribution < 1.29 is 19.1 Å². The highest BCUT2D eigenvalue weighted by Gasteiger charge is 2.24. The topological polar surface area (TPSA) is 88.7 Å². The molecule has 2 aromatic carbocycles. The van der Waals surface area contributed by atoms with E-state index in [1.807, 2.05) is 6.07 Å². The molecule has 1 saturated heterocycles. The van der Waals surface area contributed by atoms with Crippen LogP contribution in [0.4, 0.5) is 5.69 Å². The number of carbonyl (C=O) groups is 2. The number of ether oxygens (including phenoxy) is 2. The van der Waals surface area contributed by atoms with Crippen molar-refractivity contribution in [2.75, 3.05) is 26.1 Å². The van der Waals surface area contributed by atoms with Gasteiger partial charge in [-0.2, -0.15) is 0 Å². The van der Waals surface area contributed by atoms with Gasteiger partial charge in [-0.15, -0.1) is 12.4 Å². The molecule has 1 aliphatic heterocycles. The van der Waals surface area contributed by atoms with Gasteiger partial charge in [0.25, 0.3) is 11.8 Å². The second kappa shape index (κ2) is 10.8. The summed E-state index contributed by atoms with van der Waals surface area (Å²) in [6.07, 6.45) is 1.71. The zero-order valence-corrected chi connectivity index (χ0v) is 18.2. The summed E-state index contributed by atoms with van der Waals surface area (Å²) in [7, 11) is 3.02. The first-order valence-electron chi connectivity index (χ1n) is 9.68. The number of piperidine rings is 1. The molecule has 1 fully saturated rings. The quantitative estimate of drug-likeness (QED) is 0.650. The molecule has 3 rings (SSSR count). The minimum Gasteiger partial charge on any atom is -0.493 e. The summed E-state index contributed by atoms with van der Waals surface area (Å²) in [5.74, 6) is 0.299. The van der Waals surface area contributed by atoms with Crippen molar-refractivity contribution in [1.29, 1.82) is 0 Å². The van der Waals surface area contributed by atoms with Gasteiger partial charge < -0.3 is 25.4 Å². The van der Waals surface area contributed by atoms with E-state index >= 15 is 0 Å². The lowest BCUT2D eigenvalue weighted by Crippen LogP contribution is -2.46. The van der Waals surface area contributed by atoms with E-state index in [-0.39, 0.29) is 30.3 Å². The van der Waals surface area contributed by atoms with E-state index in [1.54, 1.807) is 36.4 Å². The lowest BCUT2D eigenvalue weighted by atomic mass is 10.00. The Balaban J connectivity index is 0.00000320. The van der Waals surface area contributed by atoms with Crippen LogP contribution in [0.15, 0.2) is 42.5 Å². The van der Waals surface area contributed by atoms with E-state index in [9.17, 15) is 9.59 Å². The van der Waals surface area contributed by atoms with Gasteiger partial charge in [-0.25, -0.2) is 0 Å². The summed E-state index contributed by atoms with van der Waals surface area (Å²) in [6, 6.07) is 12.5. The zero-order chi connectivity index (χ0) is 20.8. The molecule has 7 nitrogen and oxygen atoms in total. The largest absolute Gasteiger partial charge is 0.493 e. The average Bonchev–Trinajstić information content (AvgIpc) is 2.73. The standard InChI is InChI=1S/C22H27N3O4.ClH/c1-14-11-16(9-10-23-14)24-22(27)17-12-19(28-2)20(29-3)13-18(17)25-21(26)15-7-5-4-6-8-15;/h4-8,12-14,16,23H,9-11H2,1-3H3,(H,24,27)(H,25,26);1H. The first-order chi connectivity index (χ1) is 14.0. The molecule has 30 heavy (non-hydrogen) atoms. The van der Waals surface area contributed by atoms with Crippen LogP contribution in [0, 0.1) is 0 Å². The second-order valence-electron chi connectivity index (χ2n) is 7.12. The number of halogens is 1. The van der Waals surface area contributed by atoms with E-state index in [0.29, 0.717) is 34.4 Å². The van der Waals surface area contributed by atoms with Crippen LogP contribution < -0.4 is 25.4 Å². The van der Waals surface area contributed by atoms with Crippen molar-refractivity contribution >= 4 is 29.9 Å². The van der Waals surface area contributed by atoms with Gasteiger partial charge in [0.1, 0.15) is 0 Å². The molecule has 0 radical (unpaired) electrons. The zero-order valence-electron chi connectivity index (χ0n) is 17.4. The van der Waals surface area contributed by atoms with Gasteiger partial charge in [0.15, 0.2) is 11.5 Å². The number of hydrogen-bond acceptors (Lipinski definition) is 5. The number of benzene rings is 2. The third-order valence-corrected chi connectivity index (χ3v) is 5.01. The van der Waals surface area contributed by atoms with Crippen LogP contribution >= 0.6 is 12.4 Å². The Bertz CT molecular complexity index is 876. The molecule has 8 heteroatoms. The van der Waals surface area contributed by atoms with Crippen molar-refractivity contribution in [3.63, 3.8) is 0 Å². The monoisotopic (exact) mass is 433 g/mol. The molecule has 0 aliphatic carbocycles. The fourth-order valence-electron chi connectivity index (χ4n) is 3.48. The van der Waals surface area contributed by atoms with Gasteiger partial charge in [0.2, 0.25) is 0 Å². The van der Waals surface area contributed by atoms with Crippen molar-refractivity contribution in [2.24, 2.45) is 0 Å². The summed E-state index contributed by atoms with van der Waals surface area (Å²) in [6.45, 7) is 2.95. The van der Waals surface area contributed by atoms with Crippen LogP contribution in [-0.2, 0) is 0 Å². The lowest BCUT2D eigenvalue weighted by Gasteiger charge is -2.29. The molecule has 2 aromatic rings. The van der Waals surface area contributed by atoms with Gasteiger partial charge in [-0.3, -0.25) is 9.59 Å². The molecule has 0 spiro atoms. The number of rotatable bonds is 6. The maximum Gasteiger partial charge on any atom is 0.255 e. The van der Waals surface area contributed by atoms with E-state index in [1.165, 1.54) is 14.2 Å². The smallest absolute Gasteiger partial charge is 0.255 e. The van der Waals surface area contributed by atoms with E-state index in [4.69, 9.17) is 9.47 Å². The van der Waals surface area contributed by atoms with Crippen molar-refractivity contribution in [3.8, 4) is 11.5 Å². The van der Waals surface area contributed by atoms with Gasteiger partial charge in [0, 0.05) is 23.7 Å². The van der Waals surface area contributed by atoms with Gasteiger partial charge in [-0.05, 0) is 44.5 Å². The Morgan fingerprint density at radius 3 is 2.33 bits per heavy atom. The Morgan fingerprint density at radius 1 is 1.03 bits per heavy atom. The summed E-state index contributed by atoms with van der Waals surface area (Å²) in [5, 5.41) is 9.28. The molecule has 2 amide bonds. The highest BCUT2D eigenvalue weighted by molar-refractivity contribution is 6.09. The highest BCUT2D eigenvalue weighted by Crippen LogP contribution is 2.34. The molecule has 0 saturated carbocycles.